The molecular formula is C24H15NO3. The second kappa shape index (κ2) is 6.06. The number of carbonyl (C=O) groups excluding carboxylic acids is 2. The summed E-state index contributed by atoms with van der Waals surface area (Å²) in [7, 11) is 0. The highest BCUT2D eigenvalue weighted by Crippen LogP contribution is 2.38. The fraction of sp³-hybridized carbons (Fsp3) is 0. The first kappa shape index (κ1) is 16.3. The van der Waals surface area contributed by atoms with E-state index in [9.17, 15) is 14.7 Å². The summed E-state index contributed by atoms with van der Waals surface area (Å²) in [4.78, 5) is 27.5. The predicted molar refractivity (Wildman–Crippen MR) is 109 cm³/mol. The predicted octanol–water partition coefficient (Wildman–Crippen LogP) is 5.01. The maximum absolute atomic E-state index is 13.2. The standard InChI is InChI=1S/C24H15NO3/c26-17-9-4-8-16(14-17)25-23(27)20-11-5-10-19-18(15-6-2-1-3-7-15)12-13-21(22(19)20)24(25)28/h1-14,26H. The van der Waals surface area contributed by atoms with Crippen molar-refractivity contribution in [3.05, 3.63) is 96.1 Å². The number of phenolic OH excluding ortho intramolecular Hbond substituents is 1. The lowest BCUT2D eigenvalue weighted by Gasteiger charge is -2.28. The Morgan fingerprint density at radius 3 is 2.07 bits per heavy atom. The van der Waals surface area contributed by atoms with Crippen molar-refractivity contribution in [3.63, 3.8) is 0 Å². The third kappa shape index (κ3) is 2.32. The van der Waals surface area contributed by atoms with Gasteiger partial charge in [-0.1, -0.05) is 54.6 Å². The van der Waals surface area contributed by atoms with Gasteiger partial charge in [0, 0.05) is 22.6 Å². The zero-order chi connectivity index (χ0) is 19.3. The zero-order valence-electron chi connectivity index (χ0n) is 14.8. The van der Waals surface area contributed by atoms with E-state index in [0.29, 0.717) is 22.2 Å². The van der Waals surface area contributed by atoms with E-state index in [1.807, 2.05) is 48.5 Å². The molecule has 1 heterocycles. The van der Waals surface area contributed by atoms with Gasteiger partial charge in [-0.3, -0.25) is 9.59 Å². The topological polar surface area (TPSA) is 57.6 Å². The number of carbonyl (C=O) groups is 2. The summed E-state index contributed by atoms with van der Waals surface area (Å²) in [6.07, 6.45) is 0. The molecule has 0 atom stereocenters. The van der Waals surface area contributed by atoms with Crippen molar-refractivity contribution in [2.75, 3.05) is 4.90 Å². The van der Waals surface area contributed by atoms with Crippen molar-refractivity contribution in [1.29, 1.82) is 0 Å². The van der Waals surface area contributed by atoms with Crippen LogP contribution in [0.1, 0.15) is 20.7 Å². The highest BCUT2D eigenvalue weighted by molar-refractivity contribution is 6.36. The average molecular weight is 365 g/mol. The quantitative estimate of drug-likeness (QED) is 0.508. The van der Waals surface area contributed by atoms with E-state index in [1.165, 1.54) is 12.1 Å². The van der Waals surface area contributed by atoms with Crippen LogP contribution in [0.15, 0.2) is 84.9 Å². The Kier molecular flexibility index (Phi) is 3.52. The first-order valence-corrected chi connectivity index (χ1v) is 8.94. The molecule has 0 saturated heterocycles. The van der Waals surface area contributed by atoms with Gasteiger partial charge in [-0.15, -0.1) is 0 Å². The van der Waals surface area contributed by atoms with Crippen LogP contribution in [0.3, 0.4) is 0 Å². The van der Waals surface area contributed by atoms with Gasteiger partial charge in [-0.05, 0) is 40.8 Å². The summed E-state index contributed by atoms with van der Waals surface area (Å²) in [5.74, 6) is -0.778. The molecule has 1 aliphatic rings. The molecule has 5 rings (SSSR count). The minimum Gasteiger partial charge on any atom is -0.508 e. The number of aromatic hydroxyl groups is 1. The molecule has 0 bridgehead atoms. The number of amides is 2. The van der Waals surface area contributed by atoms with Gasteiger partial charge in [0.1, 0.15) is 5.75 Å². The molecule has 134 valence electrons. The van der Waals surface area contributed by atoms with Crippen LogP contribution in [0.25, 0.3) is 21.9 Å². The van der Waals surface area contributed by atoms with Crippen molar-refractivity contribution in [3.8, 4) is 16.9 Å². The smallest absolute Gasteiger partial charge is 0.265 e. The Balaban J connectivity index is 1.76. The Morgan fingerprint density at radius 1 is 0.643 bits per heavy atom. The zero-order valence-corrected chi connectivity index (χ0v) is 14.8. The van der Waals surface area contributed by atoms with Crippen molar-refractivity contribution >= 4 is 28.3 Å². The molecule has 4 aromatic rings. The fourth-order valence-corrected chi connectivity index (χ4v) is 3.83. The molecule has 0 radical (unpaired) electrons. The molecule has 0 spiro atoms. The second-order valence-electron chi connectivity index (χ2n) is 6.72. The van der Waals surface area contributed by atoms with E-state index in [4.69, 9.17) is 0 Å². The first-order valence-electron chi connectivity index (χ1n) is 8.94. The number of rotatable bonds is 2. The van der Waals surface area contributed by atoms with E-state index in [2.05, 4.69) is 0 Å². The number of hydrogen-bond acceptors (Lipinski definition) is 3. The third-order valence-electron chi connectivity index (χ3n) is 5.08. The molecule has 1 N–H and O–H groups in total. The van der Waals surface area contributed by atoms with Gasteiger partial charge in [0.05, 0.1) is 5.69 Å². The van der Waals surface area contributed by atoms with E-state index in [-0.39, 0.29) is 17.6 Å². The Labute approximate surface area is 161 Å². The van der Waals surface area contributed by atoms with Gasteiger partial charge in [0.15, 0.2) is 0 Å². The van der Waals surface area contributed by atoms with Crippen LogP contribution >= 0.6 is 0 Å². The van der Waals surface area contributed by atoms with Gasteiger partial charge in [-0.25, -0.2) is 4.90 Å². The molecule has 0 saturated carbocycles. The van der Waals surface area contributed by atoms with Gasteiger partial charge >= 0.3 is 0 Å². The van der Waals surface area contributed by atoms with Crippen LogP contribution in [-0.4, -0.2) is 16.9 Å². The summed E-state index contributed by atoms with van der Waals surface area (Å²) in [6, 6.07) is 25.3. The lowest BCUT2D eigenvalue weighted by atomic mass is 9.89. The Bertz CT molecular complexity index is 1240. The molecule has 4 aromatic carbocycles. The lowest BCUT2D eigenvalue weighted by Crippen LogP contribution is -2.40. The molecular weight excluding hydrogens is 350 g/mol. The van der Waals surface area contributed by atoms with Crippen LogP contribution in [0.2, 0.25) is 0 Å². The van der Waals surface area contributed by atoms with E-state index in [1.54, 1.807) is 24.3 Å². The average Bonchev–Trinajstić information content (AvgIpc) is 2.72. The number of anilines is 1. The summed E-state index contributed by atoms with van der Waals surface area (Å²) < 4.78 is 0. The normalized spacial score (nSPS) is 13.2. The highest BCUT2D eigenvalue weighted by Gasteiger charge is 2.34. The molecule has 2 amide bonds. The monoisotopic (exact) mass is 365 g/mol. The molecule has 28 heavy (non-hydrogen) atoms. The molecule has 0 aromatic heterocycles. The second-order valence-corrected chi connectivity index (χ2v) is 6.72. The largest absolute Gasteiger partial charge is 0.508 e. The molecule has 4 nitrogen and oxygen atoms in total. The van der Waals surface area contributed by atoms with Gasteiger partial charge in [0.2, 0.25) is 0 Å². The third-order valence-corrected chi connectivity index (χ3v) is 5.08. The maximum Gasteiger partial charge on any atom is 0.265 e. The van der Waals surface area contributed by atoms with Gasteiger partial charge in [-0.2, -0.15) is 0 Å². The van der Waals surface area contributed by atoms with Crippen molar-refractivity contribution in [2.45, 2.75) is 0 Å². The number of hydrogen-bond donors (Lipinski definition) is 1. The first-order chi connectivity index (χ1) is 13.6. The Morgan fingerprint density at radius 2 is 1.32 bits per heavy atom. The minimum atomic E-state index is -0.390. The molecule has 0 aliphatic carbocycles. The van der Waals surface area contributed by atoms with E-state index >= 15 is 0 Å². The minimum absolute atomic E-state index is 0.00142. The van der Waals surface area contributed by atoms with Crippen molar-refractivity contribution < 1.29 is 14.7 Å². The lowest BCUT2D eigenvalue weighted by molar-refractivity contribution is 0.0893. The summed E-state index contributed by atoms with van der Waals surface area (Å²) in [5, 5.41) is 11.3. The highest BCUT2D eigenvalue weighted by atomic mass is 16.3. The summed E-state index contributed by atoms with van der Waals surface area (Å²) in [5.41, 5.74) is 3.32. The van der Waals surface area contributed by atoms with Crippen LogP contribution < -0.4 is 4.90 Å². The SMILES string of the molecule is O=C1c2cccc3c(-c4ccccc4)ccc(c23)C(=O)N1c1cccc(O)c1. The van der Waals surface area contributed by atoms with Crippen molar-refractivity contribution in [2.24, 2.45) is 0 Å². The van der Waals surface area contributed by atoms with Crippen LogP contribution in [0, 0.1) is 0 Å². The van der Waals surface area contributed by atoms with E-state index in [0.717, 1.165) is 21.4 Å². The molecule has 0 unspecified atom stereocenters. The fourth-order valence-electron chi connectivity index (χ4n) is 3.83. The number of nitrogens with zero attached hydrogens (tertiary/aromatic N) is 1. The van der Waals surface area contributed by atoms with Gasteiger partial charge in [0.25, 0.3) is 11.8 Å². The van der Waals surface area contributed by atoms with Gasteiger partial charge < -0.3 is 5.11 Å². The van der Waals surface area contributed by atoms with Crippen molar-refractivity contribution in [1.82, 2.24) is 0 Å². The van der Waals surface area contributed by atoms with Crippen LogP contribution in [0.4, 0.5) is 5.69 Å². The van der Waals surface area contributed by atoms with Crippen LogP contribution in [0.5, 0.6) is 5.75 Å². The number of benzene rings is 4. The molecule has 4 heteroatoms. The van der Waals surface area contributed by atoms with E-state index < -0.39 is 0 Å². The summed E-state index contributed by atoms with van der Waals surface area (Å²) >= 11 is 0. The number of imide groups is 1. The maximum atomic E-state index is 13.2. The Hall–Kier alpha value is -3.92. The summed E-state index contributed by atoms with van der Waals surface area (Å²) in [6.45, 7) is 0. The number of phenols is 1. The molecule has 1 aliphatic heterocycles. The van der Waals surface area contributed by atoms with Crippen LogP contribution in [-0.2, 0) is 0 Å². The molecule has 0 fully saturated rings.